The highest BCUT2D eigenvalue weighted by Crippen LogP contribution is 2.28. The smallest absolute Gasteiger partial charge is 0.246 e. The van der Waals surface area contributed by atoms with Gasteiger partial charge in [-0.1, -0.05) is 120 Å². The molecule has 2 aliphatic heterocycles. The molecule has 21 N–H and O–H groups in total. The van der Waals surface area contributed by atoms with E-state index in [2.05, 4.69) is 89.1 Å². The van der Waals surface area contributed by atoms with Crippen molar-refractivity contribution in [2.75, 3.05) is 79.6 Å². The summed E-state index contributed by atoms with van der Waals surface area (Å²) < 4.78 is 0. The minimum atomic E-state index is -1.86. The number of H-pyrrole nitrogens is 3. The Hall–Kier alpha value is -13.3. The van der Waals surface area contributed by atoms with E-state index in [4.69, 9.17) is 11.1 Å². The Morgan fingerprint density at radius 2 is 1.11 bits per heavy atom. The maximum Gasteiger partial charge on any atom is 0.246 e. The zero-order valence-corrected chi connectivity index (χ0v) is 78.8. The van der Waals surface area contributed by atoms with Crippen LogP contribution in [0.5, 0.6) is 0 Å². The Morgan fingerprint density at radius 1 is 0.556 bits per heavy atom. The average Bonchev–Trinajstić information content (AvgIpc) is 1.79. The summed E-state index contributed by atoms with van der Waals surface area (Å²) in [7, 11) is 6.79. The first-order valence-electron chi connectivity index (χ1n) is 45.6. The average molecular weight is 1900 g/mol. The Balaban J connectivity index is 1.20. The number of likely N-dealkylation sites (N-methyl/N-ethyl adjacent to an activating group) is 3. The van der Waals surface area contributed by atoms with Crippen LogP contribution in [0.25, 0.3) is 21.8 Å². The second-order valence-corrected chi connectivity index (χ2v) is 35.4. The number of carbonyl (C=O) groups is 17. The van der Waals surface area contributed by atoms with Crippen molar-refractivity contribution < 1.29 is 91.7 Å². The van der Waals surface area contributed by atoms with Crippen molar-refractivity contribution in [1.82, 2.24) is 109 Å². The first kappa shape index (κ1) is 107. The summed E-state index contributed by atoms with van der Waals surface area (Å²) in [5, 5.41) is 66.2. The van der Waals surface area contributed by atoms with Gasteiger partial charge in [0.05, 0.1) is 38.3 Å². The second-order valence-electron chi connectivity index (χ2n) is 34.4. The molecule has 734 valence electrons. The van der Waals surface area contributed by atoms with E-state index in [1.54, 1.807) is 105 Å². The Morgan fingerprint density at radius 3 is 1.73 bits per heavy atom. The minimum Gasteiger partial charge on any atom is -0.394 e. The highest BCUT2D eigenvalue weighted by Gasteiger charge is 2.44. The van der Waals surface area contributed by atoms with E-state index in [9.17, 15) is 58.2 Å². The third kappa shape index (κ3) is 31.1. The molecule has 3 aromatic heterocycles. The molecule has 0 unspecified atom stereocenters. The maximum atomic E-state index is 15.7. The van der Waals surface area contributed by atoms with Gasteiger partial charge in [0.2, 0.25) is 94.5 Å². The van der Waals surface area contributed by atoms with Crippen molar-refractivity contribution >= 4 is 140 Å². The lowest BCUT2D eigenvalue weighted by Gasteiger charge is -2.36. The van der Waals surface area contributed by atoms with Gasteiger partial charge in [-0.05, 0) is 93.0 Å². The van der Waals surface area contributed by atoms with Gasteiger partial charge < -0.3 is 120 Å². The van der Waals surface area contributed by atoms with Crippen LogP contribution in [0.15, 0.2) is 104 Å². The molecule has 5 heterocycles. The number of imidazole rings is 1. The zero-order valence-electron chi connectivity index (χ0n) is 78.0. The Kier molecular flexibility index (Phi) is 42.0. The summed E-state index contributed by atoms with van der Waals surface area (Å²) in [6, 6.07) is 2.64. The number of guanidine groups is 1. The number of ketones is 1. The molecule has 0 aliphatic carbocycles. The van der Waals surface area contributed by atoms with Crippen LogP contribution in [0, 0.1) is 17.2 Å². The molecule has 2 fully saturated rings. The van der Waals surface area contributed by atoms with Crippen molar-refractivity contribution in [3.05, 3.63) is 126 Å². The first-order chi connectivity index (χ1) is 64.5. The van der Waals surface area contributed by atoms with Crippen LogP contribution >= 0.6 is 11.8 Å². The number of aromatic nitrogens is 4. The van der Waals surface area contributed by atoms with Gasteiger partial charge in [0.15, 0.2) is 11.7 Å². The number of unbranched alkanes of at least 4 members (excludes halogenated alkanes) is 2. The molecule has 16 amide bonds. The molecule has 0 spiro atoms. The molecule has 2 aliphatic rings. The van der Waals surface area contributed by atoms with Gasteiger partial charge in [-0.25, -0.2) is 4.98 Å². The van der Waals surface area contributed by atoms with E-state index in [-0.39, 0.29) is 95.6 Å². The number of primary amides is 1. The van der Waals surface area contributed by atoms with Crippen LogP contribution in [0.3, 0.4) is 0 Å². The number of benzene rings is 3. The number of Topliss-reactive ketones (excluding diaryl/α,β-unsaturated/α-hetero) is 1. The van der Waals surface area contributed by atoms with E-state index in [1.165, 1.54) is 59.6 Å². The normalized spacial score (nSPS) is 23.7. The van der Waals surface area contributed by atoms with Crippen LogP contribution in [0.2, 0.25) is 0 Å². The van der Waals surface area contributed by atoms with Crippen LogP contribution in [-0.2, 0) is 107 Å². The summed E-state index contributed by atoms with van der Waals surface area (Å²) in [5.41, 5.74) is 8.68. The van der Waals surface area contributed by atoms with Crippen LogP contribution in [0.1, 0.15) is 140 Å². The molecule has 0 saturated carbocycles. The fourth-order valence-corrected chi connectivity index (χ4v) is 17.0. The molecule has 6 aromatic rings. The van der Waals surface area contributed by atoms with Crippen molar-refractivity contribution in [2.24, 2.45) is 17.6 Å². The van der Waals surface area contributed by atoms with Crippen molar-refractivity contribution in [1.29, 1.82) is 5.41 Å². The van der Waals surface area contributed by atoms with Gasteiger partial charge in [-0.15, -0.1) is 11.8 Å². The number of amides is 16. The van der Waals surface area contributed by atoms with Gasteiger partial charge in [0, 0.05) is 132 Å². The van der Waals surface area contributed by atoms with E-state index < -0.39 is 229 Å². The number of nitrogens with two attached hydrogens (primary N) is 1. The quantitative estimate of drug-likeness (QED) is 0.0158. The number of rotatable bonds is 27. The van der Waals surface area contributed by atoms with E-state index >= 15 is 33.6 Å². The van der Waals surface area contributed by atoms with E-state index in [1.807, 2.05) is 13.8 Å². The summed E-state index contributed by atoms with van der Waals surface area (Å²) >= 11 is 0.807. The first-order valence-corrected chi connectivity index (χ1v) is 46.7. The molecule has 14 atom stereocenters. The molecule has 8 rings (SSSR count). The summed E-state index contributed by atoms with van der Waals surface area (Å²) in [6.07, 6.45) is 5.37. The molecule has 2 saturated heterocycles. The highest BCUT2D eigenvalue weighted by atomic mass is 32.2. The molecule has 0 bridgehead atoms. The van der Waals surface area contributed by atoms with Crippen molar-refractivity contribution in [2.45, 2.75) is 222 Å². The summed E-state index contributed by atoms with van der Waals surface area (Å²) in [4.78, 5) is 268. The van der Waals surface area contributed by atoms with Crippen molar-refractivity contribution in [3.8, 4) is 0 Å². The largest absolute Gasteiger partial charge is 0.394 e. The Bertz CT molecular complexity index is 5110. The predicted octanol–water partition coefficient (Wildman–Crippen LogP) is -1.51. The highest BCUT2D eigenvalue weighted by molar-refractivity contribution is 8.00. The predicted molar refractivity (Wildman–Crippen MR) is 502 cm³/mol. The van der Waals surface area contributed by atoms with Gasteiger partial charge in [0.1, 0.15) is 78.5 Å². The van der Waals surface area contributed by atoms with Crippen molar-refractivity contribution in [3.63, 3.8) is 0 Å². The number of para-hydroxylation sites is 2. The molecular weight excluding hydrogens is 1760 g/mol. The lowest BCUT2D eigenvalue weighted by atomic mass is 9.90. The molecule has 42 nitrogen and oxygen atoms in total. The topological polar surface area (TPSA) is 610 Å². The minimum absolute atomic E-state index is 0.000286. The van der Waals surface area contributed by atoms with E-state index in [0.717, 1.165) is 26.5 Å². The SMILES string of the molecule is CCCC[C@H]1C(=O)N(C)[C@@H](CCCC)C(=O)N[C@@H](CCCNC(=N)NC)C(=O)N[C@H](C(=O)NCC(N)=O)CSCC(=O)N[C@@H](Cc2ccccc2)C(=O)N(C)[C@@H](C)C(=O)N[C@@H](CC(=O)NC)C(=O)N2CCC[C@H]2C(=O)N[C@@H](Cc2cnc[nH]2)C(=O)N[C@@H](CC(C)C)C(=O)N[C@@H](CO)C(=O)C[C@@H](Cc2c[nH]c3ccccc23)C(=O)N[C@@H](CO)C(=O)N[C@@H](Cc2c[nH]c3ccccc23)C(=O)N1C. The number of nitrogens with zero attached hydrogens (tertiary/aromatic N) is 5. The van der Waals surface area contributed by atoms with Gasteiger partial charge in [-0.3, -0.25) is 86.9 Å². The fourth-order valence-electron chi connectivity index (χ4n) is 16.2. The molecule has 43 heteroatoms. The van der Waals surface area contributed by atoms with Crippen LogP contribution in [0.4, 0.5) is 0 Å². The number of carbonyl (C=O) groups excluding carboxylic acids is 17. The molecule has 0 radical (unpaired) electrons. The maximum absolute atomic E-state index is 15.7. The van der Waals surface area contributed by atoms with Gasteiger partial charge >= 0.3 is 0 Å². The number of thioether (sulfide) groups is 1. The number of aliphatic hydroxyl groups is 2. The fraction of sp³-hybridized carbons (Fsp3) is 0.533. The molecule has 135 heavy (non-hydrogen) atoms. The van der Waals surface area contributed by atoms with Crippen LogP contribution in [-0.4, -0.2) is 314 Å². The zero-order chi connectivity index (χ0) is 98.7. The second kappa shape index (κ2) is 52.9. The van der Waals surface area contributed by atoms with Crippen LogP contribution < -0.4 is 74.9 Å². The van der Waals surface area contributed by atoms with Gasteiger partial charge in [-0.2, -0.15) is 0 Å². The standard InChI is InChI=1S/C92H131N23O19S/c1-11-13-31-72-86(129)104-63(30-22-34-98-92(94)96-7)82(125)111-71(81(124)101-46-76(93)119)49-135-50-78(121)103-66(37-54-24-16-15-17-25-54)88(131)112(8)53(5)79(122)107-68(42-77(120)95-6)90(133)115-35-23-33-73(115)87(130)106-65(41-58-45-97-51-102-58)84(127)105-64(36-52(3)4)83(126)109-69(47-116)75(118)40-55(38-56-43-99-61-28-20-18-26-59(56)61)80(123)110-70(48-117)85(128)108-67(39-57-44-100-62-29-21-19-27-60(57)62)89(132)114(10)74(32-14-12-2)91(134)113(72)9/h15-21,24-29,43-45,51-53,55,63-74,99-100,116-117H,11-14,22-23,30-42,46-50H2,1-10H3,(H2,93,119)(H,95,120)(H,97,102)(H,101,124)(H,103,121)(H,104,129)(H,105,127)(H,106,130)(H,107,122)(H,108,128)(H,109,126)(H,110,123)(H,111,125)(H3,94,96,98)/t53-,55+,63-,64-,65-,66-,67-,68-,69-,70-,71-,72-,73-,74-/m0/s1. The number of hydrogen-bond donors (Lipinski definition) is 20. The van der Waals surface area contributed by atoms with Gasteiger partial charge in [0.25, 0.3) is 0 Å². The lowest BCUT2D eigenvalue weighted by Crippen LogP contribution is -2.61. The number of aromatic amines is 3. The monoisotopic (exact) mass is 1890 g/mol. The number of nitrogens with one attached hydrogen (secondary N) is 17. The third-order valence-corrected chi connectivity index (χ3v) is 25.0. The summed E-state index contributed by atoms with van der Waals surface area (Å²) in [6.45, 7) is 5.66. The van der Waals surface area contributed by atoms with E-state index in [0.29, 0.717) is 69.9 Å². The number of aliphatic hydroxyl groups excluding tert-OH is 2. The number of fused-ring (bicyclic) bond motifs is 3. The summed E-state index contributed by atoms with van der Waals surface area (Å²) in [5.74, 6) is -18.0. The third-order valence-electron chi connectivity index (χ3n) is 24.0. The Labute approximate surface area is 787 Å². The molecule has 3 aromatic carbocycles. The molecular formula is C92H131N23O19S. The lowest BCUT2D eigenvalue weighted by molar-refractivity contribution is -0.149. The number of hydrogen-bond acceptors (Lipinski definition) is 22.